The van der Waals surface area contributed by atoms with Gasteiger partial charge in [-0.15, -0.1) is 0 Å². The van der Waals surface area contributed by atoms with Crippen molar-refractivity contribution in [1.29, 1.82) is 0 Å². The Labute approximate surface area is 338 Å². The van der Waals surface area contributed by atoms with Gasteiger partial charge in [0.05, 0.1) is 20.8 Å². The normalized spacial score (nSPS) is 18.1. The van der Waals surface area contributed by atoms with Crippen LogP contribution in [0.15, 0.2) is 155 Å². The Morgan fingerprint density at radius 3 is 1.92 bits per heavy atom. The molecule has 1 aliphatic heterocycles. The Kier molecular flexibility index (Phi) is 9.72. The molecular weight excluding hydrogens is 747 g/mol. The van der Waals surface area contributed by atoms with Crippen molar-refractivity contribution in [2.75, 3.05) is 27.9 Å². The lowest BCUT2D eigenvalue weighted by Gasteiger charge is -2.37. The molecule has 1 saturated heterocycles. The number of ether oxygens (including phenoxy) is 4. The average molecular weight is 788 g/mol. The van der Waals surface area contributed by atoms with Gasteiger partial charge in [0.15, 0.2) is 6.23 Å². The van der Waals surface area contributed by atoms with Crippen LogP contribution in [0.4, 0.5) is 0 Å². The third kappa shape index (κ3) is 6.40. The van der Waals surface area contributed by atoms with Crippen molar-refractivity contribution in [3.05, 3.63) is 189 Å². The van der Waals surface area contributed by atoms with Gasteiger partial charge in [-0.3, -0.25) is 19.1 Å². The molecule has 1 aromatic heterocycles. The smallest absolute Gasteiger partial charge is 0.330 e. The van der Waals surface area contributed by atoms with E-state index in [1.54, 1.807) is 27.3 Å². The van der Waals surface area contributed by atoms with E-state index in [2.05, 4.69) is 23.2 Å². The van der Waals surface area contributed by atoms with Crippen LogP contribution in [0.5, 0.6) is 11.5 Å². The molecule has 0 bridgehead atoms. The molecule has 0 spiro atoms. The summed E-state index contributed by atoms with van der Waals surface area (Å²) < 4.78 is 25.9. The number of amides is 1. The molecule has 296 valence electrons. The average Bonchev–Trinajstić information content (AvgIpc) is 3.60. The Morgan fingerprint density at radius 1 is 0.729 bits per heavy atom. The summed E-state index contributed by atoms with van der Waals surface area (Å²) >= 11 is 0. The Morgan fingerprint density at radius 2 is 1.31 bits per heavy atom. The minimum Gasteiger partial charge on any atom is -0.497 e. The topological polar surface area (TPSA) is 132 Å². The van der Waals surface area contributed by atoms with Gasteiger partial charge in [0.2, 0.25) is 0 Å². The minimum atomic E-state index is -1.35. The Bertz CT molecular complexity index is 2850. The molecule has 1 fully saturated rings. The summed E-state index contributed by atoms with van der Waals surface area (Å²) in [5.74, 6) is 0.943. The van der Waals surface area contributed by atoms with Crippen LogP contribution in [0.1, 0.15) is 33.3 Å². The van der Waals surface area contributed by atoms with Crippen molar-refractivity contribution in [1.82, 2.24) is 14.5 Å². The molecule has 1 amide bonds. The van der Waals surface area contributed by atoms with Gasteiger partial charge in [-0.05, 0) is 79.3 Å². The van der Waals surface area contributed by atoms with Gasteiger partial charge in [0.25, 0.3) is 11.5 Å². The number of aliphatic hydroxyl groups is 1. The van der Waals surface area contributed by atoms with Crippen molar-refractivity contribution < 1.29 is 28.8 Å². The number of likely N-dealkylation sites (N-methyl/N-ethyl adjacent to an activating group) is 1. The zero-order valence-corrected chi connectivity index (χ0v) is 32.6. The Balaban J connectivity index is 1.12. The molecule has 1 aliphatic rings. The van der Waals surface area contributed by atoms with Gasteiger partial charge in [-0.25, -0.2) is 4.79 Å². The van der Waals surface area contributed by atoms with E-state index in [4.69, 9.17) is 18.9 Å². The predicted molar refractivity (Wildman–Crippen MR) is 226 cm³/mol. The molecule has 0 aliphatic carbocycles. The van der Waals surface area contributed by atoms with Gasteiger partial charge in [0, 0.05) is 24.9 Å². The summed E-state index contributed by atoms with van der Waals surface area (Å²) in [6.07, 6.45) is -2.30. The van der Waals surface area contributed by atoms with Crippen LogP contribution >= 0.6 is 0 Å². The maximum absolute atomic E-state index is 14.8. The van der Waals surface area contributed by atoms with Crippen LogP contribution in [0.2, 0.25) is 0 Å². The second-order valence-corrected chi connectivity index (χ2v) is 14.8. The predicted octanol–water partition coefficient (Wildman–Crippen LogP) is 6.86. The molecule has 8 aromatic rings. The monoisotopic (exact) mass is 787 g/mol. The number of aromatic nitrogens is 2. The highest BCUT2D eigenvalue weighted by Crippen LogP contribution is 2.44. The zero-order valence-electron chi connectivity index (χ0n) is 32.6. The minimum absolute atomic E-state index is 0.181. The first-order valence-electron chi connectivity index (χ1n) is 19.3. The SMILES string of the molecule is COc1ccc(C(OC[C@H]2O[C@@H](n3ccc(=O)[nH]c3=O)[C@H](N(C)C(=O)c3ccc4ccc5cccc6ccc3c4c56)[C@@H]2O)(c2ccccc2)c2ccc(OC)cc2)cc1. The summed E-state index contributed by atoms with van der Waals surface area (Å²) in [7, 11) is 4.79. The van der Waals surface area contributed by atoms with Crippen molar-refractivity contribution in [3.8, 4) is 11.5 Å². The van der Waals surface area contributed by atoms with E-state index < -0.39 is 41.3 Å². The molecule has 11 nitrogen and oxygen atoms in total. The van der Waals surface area contributed by atoms with Crippen LogP contribution in [0, 0.1) is 0 Å². The molecule has 0 radical (unpaired) electrons. The molecule has 0 unspecified atom stereocenters. The van der Waals surface area contributed by atoms with E-state index in [-0.39, 0.29) is 12.5 Å². The second kappa shape index (κ2) is 15.2. The van der Waals surface area contributed by atoms with Crippen LogP contribution in [0.3, 0.4) is 0 Å². The number of nitrogens with zero attached hydrogens (tertiary/aromatic N) is 2. The number of hydrogen-bond acceptors (Lipinski definition) is 8. The third-order valence-corrected chi connectivity index (χ3v) is 11.6. The number of carbonyl (C=O) groups excluding carboxylic acids is 1. The standard InChI is InChI=1S/C48H41N3O8/c1-50(45(54)38-25-15-31-13-12-29-8-7-9-30-14-24-37(38)42(31)41(29)30)43-44(53)39(59-46(43)51-27-26-40(52)49-47(51)55)28-58-48(32-10-5-4-6-11-32,33-16-20-35(56-2)21-17-33)34-18-22-36(57-3)23-19-34/h4-27,39,43-44,46,53H,28H2,1-3H3,(H,49,52,55)/t39-,43-,44-,46-/m1/s1. The molecule has 0 saturated carbocycles. The first-order valence-corrected chi connectivity index (χ1v) is 19.3. The molecule has 59 heavy (non-hydrogen) atoms. The zero-order chi connectivity index (χ0) is 40.8. The first kappa shape index (κ1) is 37.8. The lowest BCUT2D eigenvalue weighted by molar-refractivity contribution is -0.0949. The number of rotatable bonds is 11. The van der Waals surface area contributed by atoms with Gasteiger partial charge in [-0.1, -0.05) is 103 Å². The lowest BCUT2D eigenvalue weighted by atomic mass is 9.80. The summed E-state index contributed by atoms with van der Waals surface area (Å²) in [5, 5.41) is 18.3. The summed E-state index contributed by atoms with van der Waals surface area (Å²) in [4.78, 5) is 44.1. The molecule has 2 heterocycles. The van der Waals surface area contributed by atoms with Crippen LogP contribution < -0.4 is 20.7 Å². The van der Waals surface area contributed by atoms with E-state index in [1.807, 2.05) is 109 Å². The number of nitrogens with one attached hydrogen (secondary N) is 1. The summed E-state index contributed by atoms with van der Waals surface area (Å²) in [6.45, 7) is -0.181. The fraction of sp³-hybridized carbons (Fsp3) is 0.188. The number of aromatic amines is 1. The van der Waals surface area contributed by atoms with Crippen molar-refractivity contribution >= 4 is 38.2 Å². The van der Waals surface area contributed by atoms with Crippen molar-refractivity contribution in [2.24, 2.45) is 0 Å². The number of hydrogen-bond donors (Lipinski definition) is 2. The van der Waals surface area contributed by atoms with Crippen molar-refractivity contribution in [3.63, 3.8) is 0 Å². The molecule has 9 rings (SSSR count). The number of benzene rings is 7. The number of methoxy groups -OCH3 is 2. The van der Waals surface area contributed by atoms with E-state index in [0.717, 1.165) is 49.0 Å². The van der Waals surface area contributed by atoms with Crippen molar-refractivity contribution in [2.45, 2.75) is 30.1 Å². The number of carbonyl (C=O) groups is 1. The van der Waals surface area contributed by atoms with E-state index >= 15 is 0 Å². The fourth-order valence-corrected chi connectivity index (χ4v) is 8.67. The first-order chi connectivity index (χ1) is 28.7. The molecule has 7 aromatic carbocycles. The quantitative estimate of drug-likeness (QED) is 0.107. The van der Waals surface area contributed by atoms with E-state index in [0.29, 0.717) is 17.1 Å². The van der Waals surface area contributed by atoms with E-state index in [9.17, 15) is 19.5 Å². The molecule has 4 atom stereocenters. The molecule has 11 heteroatoms. The van der Waals surface area contributed by atoms with Crippen LogP contribution in [-0.2, 0) is 15.1 Å². The Hall–Kier alpha value is -6.79. The van der Waals surface area contributed by atoms with Crippen LogP contribution in [0.25, 0.3) is 32.3 Å². The lowest BCUT2D eigenvalue weighted by Crippen LogP contribution is -2.49. The second-order valence-electron chi connectivity index (χ2n) is 14.8. The summed E-state index contributed by atoms with van der Waals surface area (Å²) in [6, 6.07) is 42.9. The maximum atomic E-state index is 14.8. The largest absolute Gasteiger partial charge is 0.497 e. The number of H-pyrrole nitrogens is 1. The molecular formula is C48H41N3O8. The highest BCUT2D eigenvalue weighted by Gasteiger charge is 2.50. The van der Waals surface area contributed by atoms with Gasteiger partial charge in [-0.2, -0.15) is 0 Å². The highest BCUT2D eigenvalue weighted by molar-refractivity contribution is 6.26. The van der Waals surface area contributed by atoms with E-state index in [1.165, 1.54) is 21.7 Å². The fourth-order valence-electron chi connectivity index (χ4n) is 8.67. The summed E-state index contributed by atoms with van der Waals surface area (Å²) in [5.41, 5.74) is 0.191. The van der Waals surface area contributed by atoms with Crippen LogP contribution in [-0.4, -0.2) is 71.6 Å². The van der Waals surface area contributed by atoms with Gasteiger partial charge < -0.3 is 29.0 Å². The number of aliphatic hydroxyl groups excluding tert-OH is 1. The maximum Gasteiger partial charge on any atom is 0.330 e. The highest BCUT2D eigenvalue weighted by atomic mass is 16.6. The van der Waals surface area contributed by atoms with Gasteiger partial charge in [0.1, 0.15) is 35.3 Å². The van der Waals surface area contributed by atoms with Gasteiger partial charge >= 0.3 is 5.69 Å². The third-order valence-electron chi connectivity index (χ3n) is 11.6. The molecule has 2 N–H and O–H groups in total.